The van der Waals surface area contributed by atoms with Crippen molar-refractivity contribution in [1.82, 2.24) is 5.32 Å². The number of halogens is 1. The van der Waals surface area contributed by atoms with Crippen LogP contribution in [0.3, 0.4) is 0 Å². The van der Waals surface area contributed by atoms with E-state index in [1.807, 2.05) is 20.8 Å². The predicted octanol–water partition coefficient (Wildman–Crippen LogP) is 1.95. The Morgan fingerprint density at radius 1 is 1.42 bits per heavy atom. The van der Waals surface area contributed by atoms with Crippen molar-refractivity contribution in [2.24, 2.45) is 5.41 Å². The van der Waals surface area contributed by atoms with Crippen molar-refractivity contribution in [3.05, 3.63) is 35.1 Å². The summed E-state index contributed by atoms with van der Waals surface area (Å²) in [6, 6.07) is 4.14. The van der Waals surface area contributed by atoms with Crippen LogP contribution in [0.15, 0.2) is 18.2 Å². The Hall–Kier alpha value is -1.86. The Balaban J connectivity index is 2.82. The van der Waals surface area contributed by atoms with Crippen LogP contribution in [0.5, 0.6) is 0 Å². The van der Waals surface area contributed by atoms with Crippen LogP contribution >= 0.6 is 0 Å². The number of benzene rings is 1. The summed E-state index contributed by atoms with van der Waals surface area (Å²) in [5, 5.41) is 11.2. The predicted molar refractivity (Wildman–Crippen MR) is 72.2 cm³/mol. The van der Waals surface area contributed by atoms with Gasteiger partial charge in [0.2, 0.25) is 0 Å². The molecule has 0 heterocycles. The van der Waals surface area contributed by atoms with Crippen molar-refractivity contribution < 1.29 is 14.3 Å². The zero-order valence-corrected chi connectivity index (χ0v) is 11.4. The molecule has 0 saturated heterocycles. The average Bonchev–Trinajstić information content (AvgIpc) is 2.32. The lowest BCUT2D eigenvalue weighted by atomic mass is 9.97. The molecule has 1 rings (SSSR count). The number of aliphatic hydroxyl groups excluding tert-OH is 1. The third-order valence-corrected chi connectivity index (χ3v) is 2.30. The molecule has 0 saturated carbocycles. The number of hydrogen-bond donors (Lipinski definition) is 2. The smallest absolute Gasteiger partial charge is 0.254 e. The van der Waals surface area contributed by atoms with Crippen LogP contribution in [-0.2, 0) is 0 Å². The molecule has 0 aromatic heterocycles. The van der Waals surface area contributed by atoms with E-state index in [9.17, 15) is 9.18 Å². The van der Waals surface area contributed by atoms with Gasteiger partial charge in [-0.1, -0.05) is 32.6 Å². The first-order valence-electron chi connectivity index (χ1n) is 6.01. The van der Waals surface area contributed by atoms with Crippen LogP contribution in [0, 0.1) is 23.1 Å². The largest absolute Gasteiger partial charge is 0.384 e. The second-order valence-electron chi connectivity index (χ2n) is 5.40. The van der Waals surface area contributed by atoms with Crippen molar-refractivity contribution in [2.75, 3.05) is 13.2 Å². The summed E-state index contributed by atoms with van der Waals surface area (Å²) in [7, 11) is 0. The average molecular weight is 263 g/mol. The topological polar surface area (TPSA) is 49.3 Å². The SMILES string of the molecule is CC(C)(C)CNC(=O)c1ccc(C#CCO)cc1F. The van der Waals surface area contributed by atoms with Gasteiger partial charge < -0.3 is 10.4 Å². The van der Waals surface area contributed by atoms with Gasteiger partial charge in [-0.2, -0.15) is 0 Å². The van der Waals surface area contributed by atoms with Gasteiger partial charge in [-0.25, -0.2) is 4.39 Å². The van der Waals surface area contributed by atoms with Crippen LogP contribution in [-0.4, -0.2) is 24.2 Å². The maximum atomic E-state index is 13.8. The van der Waals surface area contributed by atoms with Crippen LogP contribution < -0.4 is 5.32 Å². The van der Waals surface area contributed by atoms with Gasteiger partial charge in [-0.05, 0) is 23.6 Å². The fourth-order valence-electron chi connectivity index (χ4n) is 1.36. The first kappa shape index (κ1) is 15.2. The highest BCUT2D eigenvalue weighted by Gasteiger charge is 2.15. The summed E-state index contributed by atoms with van der Waals surface area (Å²) < 4.78 is 13.8. The van der Waals surface area contributed by atoms with E-state index in [0.29, 0.717) is 12.1 Å². The Bertz CT molecular complexity index is 521. The van der Waals surface area contributed by atoms with Crippen LogP contribution in [0.4, 0.5) is 4.39 Å². The fourth-order valence-corrected chi connectivity index (χ4v) is 1.36. The molecular formula is C15H18FNO2. The number of carbonyl (C=O) groups is 1. The van der Waals surface area contributed by atoms with Crippen molar-refractivity contribution in [3.8, 4) is 11.8 Å². The van der Waals surface area contributed by atoms with E-state index in [2.05, 4.69) is 17.2 Å². The minimum Gasteiger partial charge on any atom is -0.384 e. The van der Waals surface area contributed by atoms with Gasteiger partial charge in [0, 0.05) is 12.1 Å². The van der Waals surface area contributed by atoms with Gasteiger partial charge in [0.15, 0.2) is 0 Å². The molecule has 2 N–H and O–H groups in total. The zero-order chi connectivity index (χ0) is 14.5. The summed E-state index contributed by atoms with van der Waals surface area (Å²) in [6.07, 6.45) is 0. The van der Waals surface area contributed by atoms with Gasteiger partial charge in [0.05, 0.1) is 5.56 Å². The van der Waals surface area contributed by atoms with Crippen molar-refractivity contribution >= 4 is 5.91 Å². The summed E-state index contributed by atoms with van der Waals surface area (Å²) in [5.74, 6) is 3.96. The zero-order valence-electron chi connectivity index (χ0n) is 11.4. The highest BCUT2D eigenvalue weighted by Crippen LogP contribution is 2.13. The molecule has 0 aliphatic rings. The summed E-state index contributed by atoms with van der Waals surface area (Å²) in [5.41, 5.74) is 0.372. The van der Waals surface area contributed by atoms with Crippen LogP contribution in [0.2, 0.25) is 0 Å². The quantitative estimate of drug-likeness (QED) is 0.801. The molecule has 19 heavy (non-hydrogen) atoms. The van der Waals surface area contributed by atoms with Crippen molar-refractivity contribution in [1.29, 1.82) is 0 Å². The molecule has 0 unspecified atom stereocenters. The van der Waals surface area contributed by atoms with E-state index in [-0.39, 0.29) is 17.6 Å². The number of rotatable bonds is 2. The van der Waals surface area contributed by atoms with E-state index < -0.39 is 11.7 Å². The van der Waals surface area contributed by atoms with Crippen LogP contribution in [0.1, 0.15) is 36.7 Å². The number of hydrogen-bond acceptors (Lipinski definition) is 2. The highest BCUT2D eigenvalue weighted by molar-refractivity contribution is 5.94. The van der Waals surface area contributed by atoms with Crippen molar-refractivity contribution in [2.45, 2.75) is 20.8 Å². The minimum atomic E-state index is -0.615. The number of amides is 1. The van der Waals surface area contributed by atoms with Crippen LogP contribution in [0.25, 0.3) is 0 Å². The number of aliphatic hydroxyl groups is 1. The lowest BCUT2D eigenvalue weighted by Crippen LogP contribution is -2.32. The molecule has 0 aliphatic heterocycles. The molecule has 0 fully saturated rings. The highest BCUT2D eigenvalue weighted by atomic mass is 19.1. The van der Waals surface area contributed by atoms with Gasteiger partial charge in [0.25, 0.3) is 5.91 Å². The maximum absolute atomic E-state index is 13.8. The summed E-state index contributed by atoms with van der Waals surface area (Å²) >= 11 is 0. The van der Waals surface area contributed by atoms with Gasteiger partial charge in [-0.15, -0.1) is 0 Å². The van der Waals surface area contributed by atoms with Gasteiger partial charge in [-0.3, -0.25) is 4.79 Å². The minimum absolute atomic E-state index is 0.00111. The van der Waals surface area contributed by atoms with Gasteiger partial charge in [0.1, 0.15) is 12.4 Å². The molecule has 4 heteroatoms. The van der Waals surface area contributed by atoms with E-state index in [1.165, 1.54) is 12.1 Å². The lowest BCUT2D eigenvalue weighted by Gasteiger charge is -2.18. The Morgan fingerprint density at radius 3 is 2.63 bits per heavy atom. The molecule has 0 aliphatic carbocycles. The second kappa shape index (κ2) is 6.35. The number of carbonyl (C=O) groups excluding carboxylic acids is 1. The summed E-state index contributed by atoms with van der Waals surface area (Å²) in [6.45, 7) is 6.14. The normalized spacial score (nSPS) is 10.6. The molecule has 102 valence electrons. The molecule has 0 bridgehead atoms. The second-order valence-corrected chi connectivity index (χ2v) is 5.40. The Morgan fingerprint density at radius 2 is 2.11 bits per heavy atom. The maximum Gasteiger partial charge on any atom is 0.254 e. The summed E-state index contributed by atoms with van der Waals surface area (Å²) in [4.78, 5) is 11.8. The van der Waals surface area contributed by atoms with E-state index in [1.54, 1.807) is 6.07 Å². The Labute approximate surface area is 112 Å². The van der Waals surface area contributed by atoms with E-state index in [0.717, 1.165) is 0 Å². The molecular weight excluding hydrogens is 245 g/mol. The first-order valence-corrected chi connectivity index (χ1v) is 6.01. The molecule has 1 amide bonds. The van der Waals surface area contributed by atoms with E-state index >= 15 is 0 Å². The standard InChI is InChI=1S/C15H18FNO2/c1-15(2,3)10-17-14(19)12-7-6-11(5-4-8-18)9-13(12)16/h6-7,9,18H,8,10H2,1-3H3,(H,17,19). The third kappa shape index (κ3) is 5.11. The van der Waals surface area contributed by atoms with E-state index in [4.69, 9.17) is 5.11 Å². The lowest BCUT2D eigenvalue weighted by molar-refractivity contribution is 0.0935. The molecule has 1 aromatic rings. The van der Waals surface area contributed by atoms with Crippen molar-refractivity contribution in [3.63, 3.8) is 0 Å². The fraction of sp³-hybridized carbons (Fsp3) is 0.400. The molecule has 3 nitrogen and oxygen atoms in total. The molecule has 0 atom stereocenters. The first-order chi connectivity index (χ1) is 8.83. The van der Waals surface area contributed by atoms with Gasteiger partial charge >= 0.3 is 0 Å². The number of nitrogens with one attached hydrogen (secondary N) is 1. The Kier molecular flexibility index (Phi) is 5.08. The monoisotopic (exact) mass is 263 g/mol. The third-order valence-electron chi connectivity index (χ3n) is 2.30. The molecule has 1 aromatic carbocycles. The molecule has 0 spiro atoms. The molecule has 0 radical (unpaired) electrons.